The Labute approximate surface area is 103 Å². The SMILES string of the molecule is CC1(CNC(=O)NCc2ccccc2)CCC1. The molecule has 1 saturated carbocycles. The minimum absolute atomic E-state index is 0.0676. The molecule has 1 aliphatic carbocycles. The molecule has 2 N–H and O–H groups in total. The van der Waals surface area contributed by atoms with Crippen molar-refractivity contribution in [2.45, 2.75) is 32.7 Å². The van der Waals surface area contributed by atoms with Crippen molar-refractivity contribution in [3.05, 3.63) is 35.9 Å². The van der Waals surface area contributed by atoms with Crippen LogP contribution in [0.3, 0.4) is 0 Å². The Kier molecular flexibility index (Phi) is 3.67. The number of carbonyl (C=O) groups excluding carboxylic acids is 1. The molecule has 0 aromatic heterocycles. The normalized spacial score (nSPS) is 17.0. The summed E-state index contributed by atoms with van der Waals surface area (Å²) < 4.78 is 0. The highest BCUT2D eigenvalue weighted by Crippen LogP contribution is 2.39. The lowest BCUT2D eigenvalue weighted by Crippen LogP contribution is -2.43. The zero-order valence-electron chi connectivity index (χ0n) is 10.3. The van der Waals surface area contributed by atoms with E-state index in [0.29, 0.717) is 12.0 Å². The molecule has 92 valence electrons. The van der Waals surface area contributed by atoms with Crippen LogP contribution in [0.15, 0.2) is 30.3 Å². The molecule has 3 heteroatoms. The first-order valence-electron chi connectivity index (χ1n) is 6.24. The fraction of sp³-hybridized carbons (Fsp3) is 0.500. The highest BCUT2D eigenvalue weighted by atomic mass is 16.2. The molecular weight excluding hydrogens is 212 g/mol. The Hall–Kier alpha value is -1.51. The summed E-state index contributed by atoms with van der Waals surface area (Å²) in [5, 5.41) is 5.81. The van der Waals surface area contributed by atoms with Gasteiger partial charge in [0.25, 0.3) is 0 Å². The standard InChI is InChI=1S/C14H20N2O/c1-14(8-5-9-14)11-16-13(17)15-10-12-6-3-2-4-7-12/h2-4,6-7H,5,8-11H2,1H3,(H2,15,16,17). The first-order valence-corrected chi connectivity index (χ1v) is 6.24. The Morgan fingerprint density at radius 3 is 2.53 bits per heavy atom. The van der Waals surface area contributed by atoms with Crippen LogP contribution in [0, 0.1) is 5.41 Å². The predicted octanol–water partition coefficient (Wildman–Crippen LogP) is 2.68. The highest BCUT2D eigenvalue weighted by Gasteiger charge is 2.31. The quantitative estimate of drug-likeness (QED) is 0.823. The third kappa shape index (κ3) is 3.48. The van der Waals surface area contributed by atoms with Gasteiger partial charge in [0, 0.05) is 13.1 Å². The van der Waals surface area contributed by atoms with E-state index >= 15 is 0 Å². The lowest BCUT2D eigenvalue weighted by atomic mass is 9.70. The number of benzene rings is 1. The maximum atomic E-state index is 11.6. The molecule has 3 nitrogen and oxygen atoms in total. The van der Waals surface area contributed by atoms with Crippen molar-refractivity contribution >= 4 is 6.03 Å². The molecule has 0 aliphatic heterocycles. The molecule has 17 heavy (non-hydrogen) atoms. The van der Waals surface area contributed by atoms with Crippen molar-refractivity contribution in [3.8, 4) is 0 Å². The van der Waals surface area contributed by atoms with Crippen LogP contribution in [-0.4, -0.2) is 12.6 Å². The summed E-state index contributed by atoms with van der Waals surface area (Å²) >= 11 is 0. The van der Waals surface area contributed by atoms with E-state index in [0.717, 1.165) is 12.1 Å². The fourth-order valence-electron chi connectivity index (χ4n) is 2.09. The topological polar surface area (TPSA) is 41.1 Å². The smallest absolute Gasteiger partial charge is 0.315 e. The van der Waals surface area contributed by atoms with E-state index in [1.54, 1.807) is 0 Å². The predicted molar refractivity (Wildman–Crippen MR) is 68.6 cm³/mol. The molecule has 0 radical (unpaired) electrons. The first kappa shape index (κ1) is 12.0. The molecule has 1 aromatic carbocycles. The third-order valence-corrected chi connectivity index (χ3v) is 3.53. The van der Waals surface area contributed by atoms with Gasteiger partial charge in [-0.2, -0.15) is 0 Å². The summed E-state index contributed by atoms with van der Waals surface area (Å²) in [6, 6.07) is 9.87. The summed E-state index contributed by atoms with van der Waals surface area (Å²) in [4.78, 5) is 11.6. The van der Waals surface area contributed by atoms with Crippen molar-refractivity contribution in [2.24, 2.45) is 5.41 Å². The van der Waals surface area contributed by atoms with Crippen LogP contribution in [0.4, 0.5) is 4.79 Å². The maximum absolute atomic E-state index is 11.6. The number of hydrogen-bond acceptors (Lipinski definition) is 1. The number of hydrogen-bond donors (Lipinski definition) is 2. The highest BCUT2D eigenvalue weighted by molar-refractivity contribution is 5.73. The van der Waals surface area contributed by atoms with Gasteiger partial charge >= 0.3 is 6.03 Å². The van der Waals surface area contributed by atoms with E-state index in [2.05, 4.69) is 17.6 Å². The average molecular weight is 232 g/mol. The molecular formula is C14H20N2O. The van der Waals surface area contributed by atoms with E-state index in [9.17, 15) is 4.79 Å². The number of carbonyl (C=O) groups is 1. The Bertz CT molecular complexity index is 371. The second kappa shape index (κ2) is 5.21. The van der Waals surface area contributed by atoms with Gasteiger partial charge in [-0.25, -0.2) is 4.79 Å². The van der Waals surface area contributed by atoms with E-state index < -0.39 is 0 Å². The van der Waals surface area contributed by atoms with Crippen molar-refractivity contribution in [1.82, 2.24) is 10.6 Å². The Morgan fingerprint density at radius 1 is 1.24 bits per heavy atom. The van der Waals surface area contributed by atoms with Crippen LogP contribution in [-0.2, 0) is 6.54 Å². The van der Waals surface area contributed by atoms with Crippen LogP contribution < -0.4 is 10.6 Å². The molecule has 0 bridgehead atoms. The van der Waals surface area contributed by atoms with Gasteiger partial charge in [0.15, 0.2) is 0 Å². The van der Waals surface area contributed by atoms with Crippen molar-refractivity contribution in [3.63, 3.8) is 0 Å². The van der Waals surface area contributed by atoms with Gasteiger partial charge in [-0.15, -0.1) is 0 Å². The van der Waals surface area contributed by atoms with E-state index in [1.165, 1.54) is 19.3 Å². The zero-order chi connectivity index (χ0) is 12.1. The van der Waals surface area contributed by atoms with Gasteiger partial charge in [0.2, 0.25) is 0 Å². The third-order valence-electron chi connectivity index (χ3n) is 3.53. The lowest BCUT2D eigenvalue weighted by Gasteiger charge is -2.38. The molecule has 1 aromatic rings. The molecule has 0 heterocycles. The van der Waals surface area contributed by atoms with Crippen molar-refractivity contribution in [1.29, 1.82) is 0 Å². The summed E-state index contributed by atoms with van der Waals surface area (Å²) in [7, 11) is 0. The van der Waals surface area contributed by atoms with E-state index in [-0.39, 0.29) is 6.03 Å². The summed E-state index contributed by atoms with van der Waals surface area (Å²) in [5.41, 5.74) is 1.46. The molecule has 1 fully saturated rings. The van der Waals surface area contributed by atoms with E-state index in [1.807, 2.05) is 30.3 Å². The van der Waals surface area contributed by atoms with Crippen LogP contribution in [0.2, 0.25) is 0 Å². The minimum Gasteiger partial charge on any atom is -0.338 e. The maximum Gasteiger partial charge on any atom is 0.315 e. The zero-order valence-corrected chi connectivity index (χ0v) is 10.3. The molecule has 0 unspecified atom stereocenters. The van der Waals surface area contributed by atoms with Crippen molar-refractivity contribution in [2.75, 3.05) is 6.54 Å². The van der Waals surface area contributed by atoms with Crippen LogP contribution in [0.25, 0.3) is 0 Å². The van der Waals surface area contributed by atoms with Gasteiger partial charge in [-0.3, -0.25) is 0 Å². The van der Waals surface area contributed by atoms with Crippen LogP contribution in [0.1, 0.15) is 31.7 Å². The molecule has 0 atom stereocenters. The Morgan fingerprint density at radius 2 is 1.94 bits per heavy atom. The van der Waals surface area contributed by atoms with Crippen molar-refractivity contribution < 1.29 is 4.79 Å². The summed E-state index contributed by atoms with van der Waals surface area (Å²) in [6.45, 7) is 3.60. The van der Waals surface area contributed by atoms with E-state index in [4.69, 9.17) is 0 Å². The number of rotatable bonds is 4. The summed E-state index contributed by atoms with van der Waals surface area (Å²) in [6.07, 6.45) is 3.75. The van der Waals surface area contributed by atoms with Gasteiger partial charge in [-0.1, -0.05) is 43.7 Å². The average Bonchev–Trinajstić information content (AvgIpc) is 2.33. The lowest BCUT2D eigenvalue weighted by molar-refractivity contribution is 0.157. The molecule has 1 aliphatic rings. The second-order valence-corrected chi connectivity index (χ2v) is 5.19. The molecule has 2 rings (SSSR count). The fourth-order valence-corrected chi connectivity index (χ4v) is 2.09. The monoisotopic (exact) mass is 232 g/mol. The molecule has 2 amide bonds. The van der Waals surface area contributed by atoms with Gasteiger partial charge in [0.05, 0.1) is 0 Å². The van der Waals surface area contributed by atoms with Crippen LogP contribution >= 0.6 is 0 Å². The van der Waals surface area contributed by atoms with Gasteiger partial charge < -0.3 is 10.6 Å². The number of nitrogens with one attached hydrogen (secondary N) is 2. The van der Waals surface area contributed by atoms with Gasteiger partial charge in [0.1, 0.15) is 0 Å². The summed E-state index contributed by atoms with van der Waals surface area (Å²) in [5.74, 6) is 0. The minimum atomic E-state index is -0.0676. The van der Waals surface area contributed by atoms with Gasteiger partial charge in [-0.05, 0) is 23.8 Å². The number of amides is 2. The Balaban J connectivity index is 1.67. The second-order valence-electron chi connectivity index (χ2n) is 5.19. The molecule has 0 spiro atoms. The number of urea groups is 1. The molecule has 0 saturated heterocycles. The largest absolute Gasteiger partial charge is 0.338 e. The van der Waals surface area contributed by atoms with Crippen LogP contribution in [0.5, 0.6) is 0 Å². The first-order chi connectivity index (χ1) is 8.18.